The topological polar surface area (TPSA) is 107 Å². The SMILES string of the molecule is COCC(=O)Nc1ccc2c(c1)[C@H]1C[C@@H](CC(=O)N3CCOCC3)O[C@@H](CO)[C@H]1O2. The minimum atomic E-state index is -0.509. The summed E-state index contributed by atoms with van der Waals surface area (Å²) in [6.07, 6.45) is -0.256. The molecule has 0 radical (unpaired) electrons. The van der Waals surface area contributed by atoms with Crippen LogP contribution in [0.3, 0.4) is 0 Å². The van der Waals surface area contributed by atoms with Crippen LogP contribution in [0.4, 0.5) is 5.69 Å². The van der Waals surface area contributed by atoms with E-state index in [0.717, 1.165) is 11.3 Å². The van der Waals surface area contributed by atoms with Crippen molar-refractivity contribution in [3.05, 3.63) is 23.8 Å². The maximum absolute atomic E-state index is 12.7. The monoisotopic (exact) mass is 420 g/mol. The van der Waals surface area contributed by atoms with Gasteiger partial charge in [-0.1, -0.05) is 0 Å². The molecule has 0 unspecified atom stereocenters. The van der Waals surface area contributed by atoms with Crippen LogP contribution in [-0.2, 0) is 23.8 Å². The molecule has 0 bridgehead atoms. The van der Waals surface area contributed by atoms with Gasteiger partial charge in [0.2, 0.25) is 11.8 Å². The van der Waals surface area contributed by atoms with E-state index < -0.39 is 6.10 Å². The van der Waals surface area contributed by atoms with Crippen LogP contribution in [0.15, 0.2) is 18.2 Å². The largest absolute Gasteiger partial charge is 0.487 e. The second-order valence-electron chi connectivity index (χ2n) is 7.83. The number of aliphatic hydroxyl groups excluding tert-OH is 1. The Balaban J connectivity index is 1.48. The predicted molar refractivity (Wildman–Crippen MR) is 106 cm³/mol. The van der Waals surface area contributed by atoms with Gasteiger partial charge in [0.1, 0.15) is 24.6 Å². The number of hydrogen-bond donors (Lipinski definition) is 2. The summed E-state index contributed by atoms with van der Waals surface area (Å²) in [5.74, 6) is 0.505. The number of aliphatic hydroxyl groups is 1. The Morgan fingerprint density at radius 2 is 2.10 bits per heavy atom. The van der Waals surface area contributed by atoms with Gasteiger partial charge in [0.25, 0.3) is 0 Å². The molecule has 1 aromatic rings. The van der Waals surface area contributed by atoms with Crippen LogP contribution in [0.25, 0.3) is 0 Å². The fraction of sp³-hybridized carbons (Fsp3) is 0.619. The lowest BCUT2D eigenvalue weighted by molar-refractivity contribution is -0.151. The van der Waals surface area contributed by atoms with Crippen LogP contribution in [0.2, 0.25) is 0 Å². The lowest BCUT2D eigenvalue weighted by Gasteiger charge is -2.38. The highest BCUT2D eigenvalue weighted by atomic mass is 16.6. The quantitative estimate of drug-likeness (QED) is 0.691. The summed E-state index contributed by atoms with van der Waals surface area (Å²) in [7, 11) is 1.47. The zero-order valence-electron chi connectivity index (χ0n) is 17.0. The highest BCUT2D eigenvalue weighted by Crippen LogP contribution is 2.47. The Morgan fingerprint density at radius 1 is 1.30 bits per heavy atom. The van der Waals surface area contributed by atoms with Crippen LogP contribution in [0.1, 0.15) is 24.3 Å². The minimum absolute atomic E-state index is 0.0207. The van der Waals surface area contributed by atoms with Crippen molar-refractivity contribution in [1.29, 1.82) is 0 Å². The Morgan fingerprint density at radius 3 is 2.83 bits per heavy atom. The van der Waals surface area contributed by atoms with E-state index in [4.69, 9.17) is 18.9 Å². The third-order valence-corrected chi connectivity index (χ3v) is 5.82. The summed E-state index contributed by atoms with van der Waals surface area (Å²) in [5, 5.41) is 12.7. The Hall–Kier alpha value is -2.20. The van der Waals surface area contributed by atoms with Gasteiger partial charge >= 0.3 is 0 Å². The minimum Gasteiger partial charge on any atom is -0.487 e. The van der Waals surface area contributed by atoms with Gasteiger partial charge in [0.05, 0.1) is 32.3 Å². The number of benzene rings is 1. The van der Waals surface area contributed by atoms with Crippen molar-refractivity contribution in [3.63, 3.8) is 0 Å². The summed E-state index contributed by atoms with van der Waals surface area (Å²) in [5.41, 5.74) is 1.62. The Bertz CT molecular complexity index is 781. The van der Waals surface area contributed by atoms with E-state index in [2.05, 4.69) is 5.32 Å². The molecule has 2 saturated heterocycles. The van der Waals surface area contributed by atoms with E-state index >= 15 is 0 Å². The second kappa shape index (κ2) is 9.30. The first kappa shape index (κ1) is 21.0. The number of fused-ring (bicyclic) bond motifs is 3. The fourth-order valence-electron chi connectivity index (χ4n) is 4.43. The van der Waals surface area contributed by atoms with E-state index in [1.165, 1.54) is 7.11 Å². The molecular weight excluding hydrogens is 392 g/mol. The number of nitrogens with one attached hydrogen (secondary N) is 1. The molecule has 4 atom stereocenters. The predicted octanol–water partition coefficient (Wildman–Crippen LogP) is 0.515. The van der Waals surface area contributed by atoms with Crippen molar-refractivity contribution in [2.45, 2.75) is 37.1 Å². The number of amides is 2. The number of ether oxygens (including phenoxy) is 4. The van der Waals surface area contributed by atoms with E-state index in [-0.39, 0.29) is 49.6 Å². The number of anilines is 1. The molecule has 9 heteroatoms. The highest BCUT2D eigenvalue weighted by molar-refractivity contribution is 5.92. The molecule has 3 heterocycles. The van der Waals surface area contributed by atoms with Crippen LogP contribution >= 0.6 is 0 Å². The highest BCUT2D eigenvalue weighted by Gasteiger charge is 2.46. The average Bonchev–Trinajstić information content (AvgIpc) is 3.12. The van der Waals surface area contributed by atoms with Crippen LogP contribution in [-0.4, -0.2) is 86.8 Å². The van der Waals surface area contributed by atoms with Crippen LogP contribution in [0.5, 0.6) is 5.75 Å². The lowest BCUT2D eigenvalue weighted by Crippen LogP contribution is -2.48. The number of hydrogen-bond acceptors (Lipinski definition) is 7. The van der Waals surface area contributed by atoms with Crippen molar-refractivity contribution in [2.75, 3.05) is 51.9 Å². The van der Waals surface area contributed by atoms with Crippen molar-refractivity contribution in [1.82, 2.24) is 4.90 Å². The van der Waals surface area contributed by atoms with E-state index in [0.29, 0.717) is 38.4 Å². The Labute approximate surface area is 175 Å². The zero-order chi connectivity index (χ0) is 21.1. The molecule has 0 saturated carbocycles. The van der Waals surface area contributed by atoms with Crippen LogP contribution in [0, 0.1) is 0 Å². The van der Waals surface area contributed by atoms with Gasteiger partial charge in [-0.3, -0.25) is 9.59 Å². The average molecular weight is 420 g/mol. The number of carbonyl (C=O) groups excluding carboxylic acids is 2. The van der Waals surface area contributed by atoms with Crippen molar-refractivity contribution >= 4 is 17.5 Å². The van der Waals surface area contributed by atoms with E-state index in [1.54, 1.807) is 11.0 Å². The first-order valence-corrected chi connectivity index (χ1v) is 10.3. The van der Waals surface area contributed by atoms with Gasteiger partial charge in [-0.2, -0.15) is 0 Å². The maximum atomic E-state index is 12.7. The maximum Gasteiger partial charge on any atom is 0.250 e. The third-order valence-electron chi connectivity index (χ3n) is 5.82. The van der Waals surface area contributed by atoms with Crippen molar-refractivity contribution < 1.29 is 33.6 Å². The molecule has 4 rings (SSSR count). The molecule has 164 valence electrons. The lowest BCUT2D eigenvalue weighted by atomic mass is 9.84. The third kappa shape index (κ3) is 4.44. The molecule has 2 amide bonds. The van der Waals surface area contributed by atoms with Gasteiger partial charge in [-0.25, -0.2) is 0 Å². The molecular formula is C21H28N2O7. The van der Waals surface area contributed by atoms with Gasteiger partial charge < -0.3 is 34.3 Å². The summed E-state index contributed by atoms with van der Waals surface area (Å²) in [6.45, 7) is 2.09. The van der Waals surface area contributed by atoms with Crippen molar-refractivity contribution in [2.24, 2.45) is 0 Å². The smallest absolute Gasteiger partial charge is 0.250 e. The number of morpholine rings is 1. The normalized spacial score (nSPS) is 27.7. The van der Waals surface area contributed by atoms with E-state index in [1.807, 2.05) is 12.1 Å². The molecule has 3 aliphatic heterocycles. The molecule has 3 aliphatic rings. The van der Waals surface area contributed by atoms with Crippen molar-refractivity contribution in [3.8, 4) is 5.75 Å². The van der Waals surface area contributed by atoms with Crippen LogP contribution < -0.4 is 10.1 Å². The molecule has 1 aromatic carbocycles. The Kier molecular flexibility index (Phi) is 6.52. The number of methoxy groups -OCH3 is 1. The standard InChI is InChI=1S/C21H28N2O7/c1-27-12-19(25)22-13-2-3-17-15(8-13)16-9-14(29-18(11-24)21(16)30-17)10-20(26)23-4-6-28-7-5-23/h2-3,8,14,16,18,21,24H,4-7,9-12H2,1H3,(H,22,25)/t14-,16+,18-,21-/m0/s1. The molecule has 0 spiro atoms. The second-order valence-corrected chi connectivity index (χ2v) is 7.83. The first-order chi connectivity index (χ1) is 14.6. The zero-order valence-corrected chi connectivity index (χ0v) is 17.0. The molecule has 0 aliphatic carbocycles. The van der Waals surface area contributed by atoms with Gasteiger partial charge in [0.15, 0.2) is 0 Å². The summed E-state index contributed by atoms with van der Waals surface area (Å²) in [6, 6.07) is 5.49. The number of nitrogens with zero attached hydrogens (tertiary/aromatic N) is 1. The summed E-state index contributed by atoms with van der Waals surface area (Å²) in [4.78, 5) is 26.3. The summed E-state index contributed by atoms with van der Waals surface area (Å²) >= 11 is 0. The summed E-state index contributed by atoms with van der Waals surface area (Å²) < 4.78 is 22.3. The molecule has 30 heavy (non-hydrogen) atoms. The van der Waals surface area contributed by atoms with Gasteiger partial charge in [-0.15, -0.1) is 0 Å². The number of carbonyl (C=O) groups is 2. The first-order valence-electron chi connectivity index (χ1n) is 10.3. The molecule has 0 aromatic heterocycles. The molecule has 9 nitrogen and oxygen atoms in total. The van der Waals surface area contributed by atoms with Gasteiger partial charge in [-0.05, 0) is 24.6 Å². The van der Waals surface area contributed by atoms with Gasteiger partial charge in [0, 0.05) is 37.4 Å². The van der Waals surface area contributed by atoms with E-state index in [9.17, 15) is 14.7 Å². The molecule has 2 fully saturated rings. The molecule has 2 N–H and O–H groups in total. The number of rotatable bonds is 6. The fourth-order valence-corrected chi connectivity index (χ4v) is 4.43.